The summed E-state index contributed by atoms with van der Waals surface area (Å²) in [6, 6.07) is 9.89. The molecule has 0 fully saturated rings. The summed E-state index contributed by atoms with van der Waals surface area (Å²) in [7, 11) is 2.98. The van der Waals surface area contributed by atoms with Crippen LogP contribution >= 0.6 is 0 Å². The van der Waals surface area contributed by atoms with Crippen molar-refractivity contribution < 1.29 is 19.1 Å². The summed E-state index contributed by atoms with van der Waals surface area (Å²) in [6.45, 7) is 1.46. The molecule has 1 heterocycles. The fourth-order valence-electron chi connectivity index (χ4n) is 2.08. The van der Waals surface area contributed by atoms with Gasteiger partial charge in [0, 0.05) is 25.9 Å². The molecule has 0 atom stereocenters. The number of amides is 1. The van der Waals surface area contributed by atoms with Crippen molar-refractivity contribution in [2.45, 2.75) is 6.42 Å². The summed E-state index contributed by atoms with van der Waals surface area (Å²) >= 11 is 0. The first-order valence-corrected chi connectivity index (χ1v) is 7.82. The van der Waals surface area contributed by atoms with Crippen LogP contribution in [0.4, 0.5) is 11.4 Å². The first kappa shape index (κ1) is 18.4. The molecule has 0 spiro atoms. The number of anilines is 2. The molecule has 2 N–H and O–H groups in total. The fourth-order valence-corrected chi connectivity index (χ4v) is 2.08. The van der Waals surface area contributed by atoms with Crippen molar-refractivity contribution in [1.82, 2.24) is 4.98 Å². The van der Waals surface area contributed by atoms with Crippen LogP contribution in [0.1, 0.15) is 27.3 Å². The number of carbonyl (C=O) groups excluding carboxylic acids is 2. The summed E-state index contributed by atoms with van der Waals surface area (Å²) in [6.07, 6.45) is 2.50. The van der Waals surface area contributed by atoms with Crippen molar-refractivity contribution in [2.24, 2.45) is 0 Å². The highest BCUT2D eigenvalue weighted by Crippen LogP contribution is 2.12. The smallest absolute Gasteiger partial charge is 0.337 e. The second-order valence-electron chi connectivity index (χ2n) is 5.23. The van der Waals surface area contributed by atoms with E-state index in [4.69, 9.17) is 4.74 Å². The number of carbonyl (C=O) groups is 2. The lowest BCUT2D eigenvalue weighted by atomic mass is 10.2. The molecule has 1 aromatic heterocycles. The molecule has 0 saturated heterocycles. The number of nitrogens with one attached hydrogen (secondary N) is 2. The maximum Gasteiger partial charge on any atom is 0.337 e. The molecule has 2 rings (SSSR count). The van der Waals surface area contributed by atoms with E-state index < -0.39 is 5.97 Å². The standard InChI is InChI=1S/C18H21N3O4/c1-24-11-3-10-19-15-8-9-16(20-12-15)17(22)21-14-6-4-13(5-7-14)18(23)25-2/h4-9,12,19H,3,10-11H2,1-2H3,(H,21,22). The minimum Gasteiger partial charge on any atom is -0.465 e. The van der Waals surface area contributed by atoms with Crippen LogP contribution in [-0.4, -0.2) is 44.2 Å². The Balaban J connectivity index is 1.91. The second-order valence-corrected chi connectivity index (χ2v) is 5.23. The number of benzene rings is 1. The van der Waals surface area contributed by atoms with E-state index in [1.54, 1.807) is 49.7 Å². The first-order chi connectivity index (χ1) is 12.1. The molecule has 0 aliphatic rings. The third-order valence-corrected chi connectivity index (χ3v) is 3.41. The van der Waals surface area contributed by atoms with Gasteiger partial charge in [-0.05, 0) is 42.8 Å². The van der Waals surface area contributed by atoms with Gasteiger partial charge in [0.2, 0.25) is 0 Å². The molecule has 25 heavy (non-hydrogen) atoms. The van der Waals surface area contributed by atoms with Gasteiger partial charge in [-0.25, -0.2) is 9.78 Å². The van der Waals surface area contributed by atoms with Crippen molar-refractivity contribution in [3.8, 4) is 0 Å². The van der Waals surface area contributed by atoms with Gasteiger partial charge in [-0.2, -0.15) is 0 Å². The molecular formula is C18H21N3O4. The molecule has 1 amide bonds. The molecule has 0 saturated carbocycles. The van der Waals surface area contributed by atoms with E-state index in [9.17, 15) is 9.59 Å². The Morgan fingerprint density at radius 3 is 2.36 bits per heavy atom. The molecule has 7 heteroatoms. The maximum atomic E-state index is 12.2. The predicted octanol–water partition coefficient (Wildman–Crippen LogP) is 2.57. The van der Waals surface area contributed by atoms with E-state index in [1.807, 2.05) is 0 Å². The van der Waals surface area contributed by atoms with Gasteiger partial charge in [0.15, 0.2) is 0 Å². The lowest BCUT2D eigenvalue weighted by Gasteiger charge is -2.08. The van der Waals surface area contributed by atoms with Gasteiger partial charge in [0.25, 0.3) is 5.91 Å². The first-order valence-electron chi connectivity index (χ1n) is 7.82. The van der Waals surface area contributed by atoms with Gasteiger partial charge in [-0.3, -0.25) is 4.79 Å². The SMILES string of the molecule is COCCCNc1ccc(C(=O)Nc2ccc(C(=O)OC)cc2)nc1. The van der Waals surface area contributed by atoms with E-state index in [-0.39, 0.29) is 5.91 Å². The number of methoxy groups -OCH3 is 2. The fraction of sp³-hybridized carbons (Fsp3) is 0.278. The Kier molecular flexibility index (Phi) is 6.91. The van der Waals surface area contributed by atoms with Gasteiger partial charge < -0.3 is 20.1 Å². The van der Waals surface area contributed by atoms with E-state index >= 15 is 0 Å². The van der Waals surface area contributed by atoms with Crippen LogP contribution in [0, 0.1) is 0 Å². The van der Waals surface area contributed by atoms with E-state index in [2.05, 4.69) is 20.4 Å². The van der Waals surface area contributed by atoms with Crippen LogP contribution in [0.3, 0.4) is 0 Å². The quantitative estimate of drug-likeness (QED) is 0.566. The van der Waals surface area contributed by atoms with Gasteiger partial charge >= 0.3 is 5.97 Å². The molecule has 2 aromatic rings. The zero-order valence-corrected chi connectivity index (χ0v) is 14.2. The van der Waals surface area contributed by atoms with Crippen LogP contribution in [0.2, 0.25) is 0 Å². The normalized spacial score (nSPS) is 10.2. The monoisotopic (exact) mass is 343 g/mol. The molecule has 0 aliphatic carbocycles. The lowest BCUT2D eigenvalue weighted by Crippen LogP contribution is -2.14. The number of pyridine rings is 1. The number of aromatic nitrogens is 1. The molecule has 0 aliphatic heterocycles. The largest absolute Gasteiger partial charge is 0.465 e. The Labute approximate surface area is 146 Å². The van der Waals surface area contributed by atoms with Crippen molar-refractivity contribution in [3.63, 3.8) is 0 Å². The third kappa shape index (κ3) is 5.58. The summed E-state index contributed by atoms with van der Waals surface area (Å²) in [5.41, 5.74) is 2.14. The Bertz CT molecular complexity index is 699. The van der Waals surface area contributed by atoms with Gasteiger partial charge in [0.05, 0.1) is 24.6 Å². The minimum atomic E-state index is -0.423. The number of nitrogens with zero attached hydrogens (tertiary/aromatic N) is 1. The van der Waals surface area contributed by atoms with Crippen molar-refractivity contribution in [3.05, 3.63) is 53.9 Å². The van der Waals surface area contributed by atoms with Gasteiger partial charge in [-0.1, -0.05) is 0 Å². The zero-order chi connectivity index (χ0) is 18.1. The van der Waals surface area contributed by atoms with Crippen molar-refractivity contribution >= 4 is 23.3 Å². The zero-order valence-electron chi connectivity index (χ0n) is 14.2. The summed E-state index contributed by atoms with van der Waals surface area (Å²) < 4.78 is 9.61. The molecule has 0 bridgehead atoms. The summed E-state index contributed by atoms with van der Waals surface area (Å²) in [5.74, 6) is -0.745. The lowest BCUT2D eigenvalue weighted by molar-refractivity contribution is 0.0600. The second kappa shape index (κ2) is 9.39. The van der Waals surface area contributed by atoms with Crippen molar-refractivity contribution in [2.75, 3.05) is 38.0 Å². The van der Waals surface area contributed by atoms with E-state index in [1.165, 1.54) is 7.11 Å². The highest BCUT2D eigenvalue weighted by atomic mass is 16.5. The van der Waals surface area contributed by atoms with Crippen LogP contribution in [0.25, 0.3) is 0 Å². The molecule has 132 valence electrons. The Morgan fingerprint density at radius 2 is 1.76 bits per heavy atom. The maximum absolute atomic E-state index is 12.2. The average Bonchev–Trinajstić information content (AvgIpc) is 2.65. The topological polar surface area (TPSA) is 89.6 Å². The highest BCUT2D eigenvalue weighted by Gasteiger charge is 2.09. The predicted molar refractivity (Wildman–Crippen MR) is 95.0 cm³/mol. The minimum absolute atomic E-state index is 0.305. The van der Waals surface area contributed by atoms with Crippen LogP contribution in [-0.2, 0) is 9.47 Å². The molecule has 0 radical (unpaired) electrons. The Morgan fingerprint density at radius 1 is 1.04 bits per heavy atom. The number of esters is 1. The van der Waals surface area contributed by atoms with E-state index in [0.717, 1.165) is 18.7 Å². The number of hydrogen-bond acceptors (Lipinski definition) is 6. The molecule has 7 nitrogen and oxygen atoms in total. The summed E-state index contributed by atoms with van der Waals surface area (Å²) in [5, 5.41) is 5.93. The van der Waals surface area contributed by atoms with Crippen molar-refractivity contribution in [1.29, 1.82) is 0 Å². The highest BCUT2D eigenvalue weighted by molar-refractivity contribution is 6.03. The Hall–Kier alpha value is -2.93. The number of rotatable bonds is 8. The van der Waals surface area contributed by atoms with Crippen LogP contribution < -0.4 is 10.6 Å². The van der Waals surface area contributed by atoms with Crippen LogP contribution in [0.15, 0.2) is 42.6 Å². The molecular weight excluding hydrogens is 322 g/mol. The number of hydrogen-bond donors (Lipinski definition) is 2. The third-order valence-electron chi connectivity index (χ3n) is 3.41. The van der Waals surface area contributed by atoms with Gasteiger partial charge in [0.1, 0.15) is 5.69 Å². The van der Waals surface area contributed by atoms with Gasteiger partial charge in [-0.15, -0.1) is 0 Å². The summed E-state index contributed by atoms with van der Waals surface area (Å²) in [4.78, 5) is 27.7. The van der Waals surface area contributed by atoms with Crippen LogP contribution in [0.5, 0.6) is 0 Å². The number of ether oxygens (including phenoxy) is 2. The molecule has 0 unspecified atom stereocenters. The average molecular weight is 343 g/mol. The van der Waals surface area contributed by atoms with E-state index in [0.29, 0.717) is 23.6 Å². The molecule has 1 aromatic carbocycles.